The van der Waals surface area contributed by atoms with Gasteiger partial charge in [-0.2, -0.15) is 0 Å². The predicted octanol–water partition coefficient (Wildman–Crippen LogP) is 4.23. The van der Waals surface area contributed by atoms with Crippen molar-refractivity contribution in [3.8, 4) is 16.9 Å². The molecule has 3 rings (SSSR count). The van der Waals surface area contributed by atoms with Crippen molar-refractivity contribution in [1.29, 1.82) is 0 Å². The molecule has 0 spiro atoms. The van der Waals surface area contributed by atoms with Gasteiger partial charge in [0.1, 0.15) is 5.75 Å². The molecule has 23 heavy (non-hydrogen) atoms. The molecule has 0 saturated carbocycles. The second-order valence-corrected chi connectivity index (χ2v) is 5.29. The maximum atomic E-state index is 5.20. The molecule has 0 radical (unpaired) electrons. The van der Waals surface area contributed by atoms with Crippen molar-refractivity contribution < 1.29 is 4.74 Å². The Morgan fingerprint density at radius 3 is 2.26 bits per heavy atom. The van der Waals surface area contributed by atoms with Gasteiger partial charge in [-0.1, -0.05) is 30.3 Å². The number of anilines is 2. The largest absolute Gasteiger partial charge is 0.497 e. The van der Waals surface area contributed by atoms with Crippen LogP contribution in [0, 0.1) is 6.92 Å². The van der Waals surface area contributed by atoms with Crippen LogP contribution in [0.1, 0.15) is 5.69 Å². The third kappa shape index (κ3) is 3.16. The van der Waals surface area contributed by atoms with Crippen LogP contribution < -0.4 is 9.64 Å². The lowest BCUT2D eigenvalue weighted by molar-refractivity contribution is 0.415. The van der Waals surface area contributed by atoms with Gasteiger partial charge in [0.15, 0.2) is 0 Å². The molecule has 0 fully saturated rings. The monoisotopic (exact) mass is 305 g/mol. The Bertz CT molecular complexity index is 785. The van der Waals surface area contributed by atoms with Crippen LogP contribution in [0.15, 0.2) is 60.8 Å². The van der Waals surface area contributed by atoms with Crippen LogP contribution in [0.5, 0.6) is 5.75 Å². The second-order valence-electron chi connectivity index (χ2n) is 5.29. The number of aryl methyl sites for hydroxylation is 1. The molecular formula is C19H19N3O. The van der Waals surface area contributed by atoms with E-state index in [9.17, 15) is 0 Å². The average Bonchev–Trinajstić information content (AvgIpc) is 2.62. The number of hydrogen-bond donors (Lipinski definition) is 0. The SMILES string of the molecule is COc1ccc(-c2cnc(N(C)c3ccccc3)nc2C)cc1. The minimum atomic E-state index is 0.686. The molecule has 0 aliphatic carbocycles. The number of methoxy groups -OCH3 is 1. The lowest BCUT2D eigenvalue weighted by atomic mass is 10.1. The summed E-state index contributed by atoms with van der Waals surface area (Å²) in [5.74, 6) is 1.53. The first-order valence-electron chi connectivity index (χ1n) is 7.46. The number of nitrogens with zero attached hydrogens (tertiary/aromatic N) is 3. The van der Waals surface area contributed by atoms with Gasteiger partial charge in [-0.25, -0.2) is 9.97 Å². The van der Waals surface area contributed by atoms with E-state index in [0.717, 1.165) is 28.3 Å². The summed E-state index contributed by atoms with van der Waals surface area (Å²) in [5.41, 5.74) is 4.11. The van der Waals surface area contributed by atoms with Crippen molar-refractivity contribution in [2.24, 2.45) is 0 Å². The molecule has 0 saturated heterocycles. The molecule has 1 aromatic heterocycles. The van der Waals surface area contributed by atoms with Gasteiger partial charge >= 0.3 is 0 Å². The predicted molar refractivity (Wildman–Crippen MR) is 93.3 cm³/mol. The van der Waals surface area contributed by atoms with Gasteiger partial charge in [-0.05, 0) is 36.8 Å². The van der Waals surface area contributed by atoms with Gasteiger partial charge in [-0.15, -0.1) is 0 Å². The van der Waals surface area contributed by atoms with Gasteiger partial charge in [0.25, 0.3) is 0 Å². The van der Waals surface area contributed by atoms with Crippen molar-refractivity contribution in [3.63, 3.8) is 0 Å². The molecule has 0 aliphatic heterocycles. The van der Waals surface area contributed by atoms with E-state index in [1.54, 1.807) is 7.11 Å². The number of rotatable bonds is 4. The Hall–Kier alpha value is -2.88. The van der Waals surface area contributed by atoms with Crippen LogP contribution in [0.25, 0.3) is 11.1 Å². The maximum Gasteiger partial charge on any atom is 0.229 e. The molecule has 4 nitrogen and oxygen atoms in total. The summed E-state index contributed by atoms with van der Waals surface area (Å²) < 4.78 is 5.20. The molecular weight excluding hydrogens is 286 g/mol. The van der Waals surface area contributed by atoms with E-state index in [1.807, 2.05) is 79.7 Å². The number of benzene rings is 2. The molecule has 0 atom stereocenters. The zero-order chi connectivity index (χ0) is 16.2. The minimum Gasteiger partial charge on any atom is -0.497 e. The third-order valence-corrected chi connectivity index (χ3v) is 3.81. The fraction of sp³-hybridized carbons (Fsp3) is 0.158. The molecule has 4 heteroatoms. The highest BCUT2D eigenvalue weighted by atomic mass is 16.5. The Labute approximate surface area is 136 Å². The van der Waals surface area contributed by atoms with Crippen LogP contribution in [0.4, 0.5) is 11.6 Å². The summed E-state index contributed by atoms with van der Waals surface area (Å²) in [6, 6.07) is 18.0. The normalized spacial score (nSPS) is 10.4. The number of hydrogen-bond acceptors (Lipinski definition) is 4. The third-order valence-electron chi connectivity index (χ3n) is 3.81. The van der Waals surface area contributed by atoms with Gasteiger partial charge in [-0.3, -0.25) is 0 Å². The first kappa shape index (κ1) is 15.0. The summed E-state index contributed by atoms with van der Waals surface area (Å²) >= 11 is 0. The van der Waals surface area contributed by atoms with E-state index < -0.39 is 0 Å². The van der Waals surface area contributed by atoms with E-state index in [4.69, 9.17) is 4.74 Å². The van der Waals surface area contributed by atoms with Crippen LogP contribution in [-0.4, -0.2) is 24.1 Å². The van der Waals surface area contributed by atoms with Crippen molar-refractivity contribution in [3.05, 3.63) is 66.5 Å². The fourth-order valence-corrected chi connectivity index (χ4v) is 2.44. The molecule has 0 N–H and O–H groups in total. The lowest BCUT2D eigenvalue weighted by Crippen LogP contribution is -2.13. The minimum absolute atomic E-state index is 0.686. The maximum absolute atomic E-state index is 5.20. The van der Waals surface area contributed by atoms with Crippen LogP contribution in [0.3, 0.4) is 0 Å². The number of ether oxygens (including phenoxy) is 1. The van der Waals surface area contributed by atoms with Gasteiger partial charge in [0, 0.05) is 24.5 Å². The molecule has 3 aromatic rings. The zero-order valence-electron chi connectivity index (χ0n) is 13.5. The summed E-state index contributed by atoms with van der Waals surface area (Å²) in [7, 11) is 3.63. The van der Waals surface area contributed by atoms with Crippen LogP contribution >= 0.6 is 0 Å². The van der Waals surface area contributed by atoms with E-state index in [2.05, 4.69) is 9.97 Å². The summed E-state index contributed by atoms with van der Waals surface area (Å²) in [5, 5.41) is 0. The van der Waals surface area contributed by atoms with Crippen molar-refractivity contribution in [2.45, 2.75) is 6.92 Å². The number of aromatic nitrogens is 2. The van der Waals surface area contributed by atoms with Gasteiger partial charge in [0.2, 0.25) is 5.95 Å². The molecule has 0 aliphatic rings. The smallest absolute Gasteiger partial charge is 0.229 e. The fourth-order valence-electron chi connectivity index (χ4n) is 2.44. The highest BCUT2D eigenvalue weighted by molar-refractivity contribution is 5.67. The first-order chi connectivity index (χ1) is 11.2. The van der Waals surface area contributed by atoms with Crippen LogP contribution in [0.2, 0.25) is 0 Å². The van der Waals surface area contributed by atoms with Gasteiger partial charge < -0.3 is 9.64 Å². The Balaban J connectivity index is 1.91. The van der Waals surface area contributed by atoms with Crippen molar-refractivity contribution in [1.82, 2.24) is 9.97 Å². The van der Waals surface area contributed by atoms with Crippen molar-refractivity contribution in [2.75, 3.05) is 19.1 Å². The summed E-state index contributed by atoms with van der Waals surface area (Å²) in [6.45, 7) is 2.00. The molecule has 0 amide bonds. The highest BCUT2D eigenvalue weighted by Gasteiger charge is 2.10. The quantitative estimate of drug-likeness (QED) is 0.723. The Morgan fingerprint density at radius 2 is 1.65 bits per heavy atom. The van der Waals surface area contributed by atoms with Crippen LogP contribution in [-0.2, 0) is 0 Å². The first-order valence-corrected chi connectivity index (χ1v) is 7.46. The van der Waals surface area contributed by atoms with E-state index in [-0.39, 0.29) is 0 Å². The van der Waals surface area contributed by atoms with E-state index >= 15 is 0 Å². The Morgan fingerprint density at radius 1 is 0.957 bits per heavy atom. The summed E-state index contributed by atoms with van der Waals surface area (Å²) in [4.78, 5) is 11.1. The topological polar surface area (TPSA) is 38.2 Å². The van der Waals surface area contributed by atoms with E-state index in [1.165, 1.54) is 0 Å². The molecule has 116 valence electrons. The summed E-state index contributed by atoms with van der Waals surface area (Å²) in [6.07, 6.45) is 1.87. The Kier molecular flexibility index (Phi) is 4.24. The lowest BCUT2D eigenvalue weighted by Gasteiger charge is -2.18. The molecule has 0 unspecified atom stereocenters. The molecule has 0 bridgehead atoms. The van der Waals surface area contributed by atoms with Gasteiger partial charge in [0.05, 0.1) is 12.8 Å². The standard InChI is InChI=1S/C19H19N3O/c1-14-18(15-9-11-17(23-3)12-10-15)13-20-19(21-14)22(2)16-7-5-4-6-8-16/h4-13H,1-3H3. The zero-order valence-corrected chi connectivity index (χ0v) is 13.5. The highest BCUT2D eigenvalue weighted by Crippen LogP contribution is 2.26. The number of para-hydroxylation sites is 1. The second kappa shape index (κ2) is 6.48. The molecule has 1 heterocycles. The average molecular weight is 305 g/mol. The van der Waals surface area contributed by atoms with E-state index in [0.29, 0.717) is 5.95 Å². The molecule has 2 aromatic carbocycles. The van der Waals surface area contributed by atoms with Crippen molar-refractivity contribution >= 4 is 11.6 Å².